The third-order valence-electron chi connectivity index (χ3n) is 6.62. The van der Waals surface area contributed by atoms with Gasteiger partial charge in [0.15, 0.2) is 5.65 Å². The highest BCUT2D eigenvalue weighted by Crippen LogP contribution is 2.41. The first-order valence-electron chi connectivity index (χ1n) is 10.0. The summed E-state index contributed by atoms with van der Waals surface area (Å²) >= 11 is 8.14. The summed E-state index contributed by atoms with van der Waals surface area (Å²) in [5.41, 5.74) is 4.25. The van der Waals surface area contributed by atoms with Crippen LogP contribution in [-0.2, 0) is 7.05 Å². The molecule has 2 bridgehead atoms. The molecule has 3 aromatic heterocycles. The number of benzene rings is 1. The average Bonchev–Trinajstić information content (AvgIpc) is 3.52. The molecule has 154 valence electrons. The number of aromatic nitrogens is 5. The van der Waals surface area contributed by atoms with Crippen LogP contribution in [0.2, 0.25) is 5.02 Å². The Hall–Kier alpha value is -2.49. The highest BCUT2D eigenvalue weighted by molar-refractivity contribution is 7.17. The maximum atomic E-state index is 13.4. The van der Waals surface area contributed by atoms with E-state index in [-0.39, 0.29) is 5.56 Å². The molecule has 0 aliphatic carbocycles. The lowest BCUT2D eigenvalue weighted by atomic mass is 9.96. The van der Waals surface area contributed by atoms with Crippen LogP contribution in [0.5, 0.6) is 0 Å². The molecule has 2 aliphatic rings. The first-order valence-corrected chi connectivity index (χ1v) is 11.3. The second kappa shape index (κ2) is 6.50. The summed E-state index contributed by atoms with van der Waals surface area (Å²) in [5, 5.41) is 11.8. The molecule has 2 fully saturated rings. The fraction of sp³-hybridized carbons (Fsp3) is 0.400. The second-order valence-corrected chi connectivity index (χ2v) is 9.27. The van der Waals surface area contributed by atoms with Gasteiger partial charge in [0, 0.05) is 30.7 Å². The summed E-state index contributed by atoms with van der Waals surface area (Å²) in [4.78, 5) is 24.9. The van der Waals surface area contributed by atoms with E-state index >= 15 is 0 Å². The van der Waals surface area contributed by atoms with Gasteiger partial charge in [-0.2, -0.15) is 10.1 Å². The highest BCUT2D eigenvalue weighted by atomic mass is 35.5. The molecule has 2 N–H and O–H groups in total. The summed E-state index contributed by atoms with van der Waals surface area (Å²) in [6, 6.07) is 4.98. The largest absolute Gasteiger partial charge is 0.335 e. The lowest BCUT2D eigenvalue weighted by molar-refractivity contribution is 0.445. The molecule has 30 heavy (non-hydrogen) atoms. The van der Waals surface area contributed by atoms with Crippen LogP contribution in [0.4, 0.5) is 5.95 Å². The normalized spacial score (nSPS) is 23.3. The molecule has 3 atom stereocenters. The third-order valence-corrected chi connectivity index (χ3v) is 7.98. The summed E-state index contributed by atoms with van der Waals surface area (Å²) in [5.74, 6) is 0.694. The molecule has 4 aromatic rings. The van der Waals surface area contributed by atoms with Crippen molar-refractivity contribution in [2.75, 3.05) is 11.9 Å². The zero-order valence-corrected chi connectivity index (χ0v) is 18.1. The van der Waals surface area contributed by atoms with Crippen LogP contribution < -0.4 is 15.8 Å². The molecule has 10 heteroatoms. The van der Waals surface area contributed by atoms with Crippen LogP contribution in [0, 0.1) is 0 Å². The van der Waals surface area contributed by atoms with Gasteiger partial charge in [-0.1, -0.05) is 11.6 Å². The number of anilines is 1. The fourth-order valence-electron chi connectivity index (χ4n) is 5.17. The molecule has 1 aromatic carbocycles. The maximum Gasteiger partial charge on any atom is 0.266 e. The zero-order chi connectivity index (χ0) is 20.6. The van der Waals surface area contributed by atoms with Crippen molar-refractivity contribution in [1.82, 2.24) is 30.0 Å². The number of rotatable bonds is 3. The lowest BCUT2D eigenvalue weighted by Crippen LogP contribution is -2.41. The zero-order valence-electron chi connectivity index (χ0n) is 16.5. The van der Waals surface area contributed by atoms with Crippen LogP contribution >= 0.6 is 22.9 Å². The Kier molecular flexibility index (Phi) is 3.96. The molecule has 0 radical (unpaired) electrons. The molecule has 2 aliphatic heterocycles. The Morgan fingerprint density at radius 2 is 2.20 bits per heavy atom. The Bertz CT molecular complexity index is 1360. The number of likely N-dealkylation sites (N-methyl/N-ethyl adjacent to an activating group) is 1. The van der Waals surface area contributed by atoms with E-state index in [0.717, 1.165) is 35.0 Å². The Labute approximate surface area is 180 Å². The van der Waals surface area contributed by atoms with Crippen molar-refractivity contribution in [2.45, 2.75) is 37.4 Å². The quantitative estimate of drug-likeness (QED) is 0.508. The van der Waals surface area contributed by atoms with Gasteiger partial charge in [0.25, 0.3) is 5.56 Å². The fourth-order valence-corrected chi connectivity index (χ4v) is 6.28. The van der Waals surface area contributed by atoms with Crippen molar-refractivity contribution in [3.05, 3.63) is 33.0 Å². The number of nitrogens with one attached hydrogen (secondary N) is 2. The minimum Gasteiger partial charge on any atom is -0.335 e. The van der Waals surface area contributed by atoms with Crippen LogP contribution in [0.25, 0.3) is 32.5 Å². The van der Waals surface area contributed by atoms with Crippen molar-refractivity contribution < 1.29 is 0 Å². The first-order chi connectivity index (χ1) is 14.6. The number of fused-ring (bicyclic) bond motifs is 4. The predicted octanol–water partition coefficient (Wildman–Crippen LogP) is 2.92. The third kappa shape index (κ3) is 2.36. The van der Waals surface area contributed by atoms with Gasteiger partial charge in [0.1, 0.15) is 5.39 Å². The molecular weight excluding hydrogens is 422 g/mol. The number of halogens is 1. The average molecular weight is 442 g/mol. The van der Waals surface area contributed by atoms with Gasteiger partial charge >= 0.3 is 0 Å². The monoisotopic (exact) mass is 441 g/mol. The van der Waals surface area contributed by atoms with Gasteiger partial charge in [-0.05, 0) is 38.4 Å². The predicted molar refractivity (Wildman–Crippen MR) is 120 cm³/mol. The van der Waals surface area contributed by atoms with E-state index in [0.29, 0.717) is 45.8 Å². The number of hydrogen-bond acceptors (Lipinski definition) is 7. The summed E-state index contributed by atoms with van der Waals surface area (Å²) in [6.45, 7) is 0. The van der Waals surface area contributed by atoms with Crippen LogP contribution in [-0.4, -0.2) is 49.9 Å². The van der Waals surface area contributed by atoms with Gasteiger partial charge in [-0.25, -0.2) is 4.98 Å². The molecule has 5 heterocycles. The molecule has 0 saturated carbocycles. The van der Waals surface area contributed by atoms with E-state index in [1.807, 2.05) is 19.2 Å². The number of H-pyrrole nitrogens is 1. The summed E-state index contributed by atoms with van der Waals surface area (Å²) in [7, 11) is 3.80. The number of thiazole rings is 1. The second-order valence-electron chi connectivity index (χ2n) is 8.04. The standard InChI is InChI=1S/C20H20ClN7OS/c1-22-12-7-9-3-6-13(12)28(9)20-24-18-14(19(29)27(20)2)16(25-26-18)10-4-5-11-17(15(10)21)30-8-23-11/h4-5,8-9,12-13,22H,3,6-7H2,1-2H3,(H,25,26)/t9-,12+,13+/m0/s1. The smallest absolute Gasteiger partial charge is 0.266 e. The summed E-state index contributed by atoms with van der Waals surface area (Å²) < 4.78 is 2.55. The van der Waals surface area contributed by atoms with Crippen molar-refractivity contribution >= 4 is 50.1 Å². The minimum absolute atomic E-state index is 0.119. The van der Waals surface area contributed by atoms with Crippen LogP contribution in [0.15, 0.2) is 22.4 Å². The highest BCUT2D eigenvalue weighted by Gasteiger charge is 2.47. The lowest BCUT2D eigenvalue weighted by Gasteiger charge is -2.26. The van der Waals surface area contributed by atoms with Crippen molar-refractivity contribution in [2.24, 2.45) is 7.05 Å². The van der Waals surface area contributed by atoms with E-state index < -0.39 is 0 Å². The topological polar surface area (TPSA) is 91.7 Å². The Morgan fingerprint density at radius 1 is 1.33 bits per heavy atom. The number of aromatic amines is 1. The minimum atomic E-state index is -0.119. The van der Waals surface area contributed by atoms with E-state index in [4.69, 9.17) is 16.6 Å². The SMILES string of the molecule is CN[C@@H]1C[C@@H]2CC[C@H]1N2c1nc2n[nH]c(-c3ccc4ncsc4c3Cl)c2c(=O)n1C. The summed E-state index contributed by atoms with van der Waals surface area (Å²) in [6.07, 6.45) is 3.32. The molecule has 0 amide bonds. The van der Waals surface area contributed by atoms with Crippen molar-refractivity contribution in [3.63, 3.8) is 0 Å². The van der Waals surface area contributed by atoms with E-state index in [1.54, 1.807) is 17.1 Å². The van der Waals surface area contributed by atoms with E-state index in [1.165, 1.54) is 11.3 Å². The van der Waals surface area contributed by atoms with E-state index in [2.05, 4.69) is 25.4 Å². The van der Waals surface area contributed by atoms with E-state index in [9.17, 15) is 4.79 Å². The van der Waals surface area contributed by atoms with Gasteiger partial charge < -0.3 is 10.2 Å². The van der Waals surface area contributed by atoms with Gasteiger partial charge in [0.05, 0.1) is 26.4 Å². The van der Waals surface area contributed by atoms with Crippen molar-refractivity contribution in [3.8, 4) is 11.3 Å². The molecule has 0 unspecified atom stereocenters. The van der Waals surface area contributed by atoms with Gasteiger partial charge in [0.2, 0.25) is 5.95 Å². The van der Waals surface area contributed by atoms with Crippen LogP contribution in [0.3, 0.4) is 0 Å². The number of nitrogens with zero attached hydrogens (tertiary/aromatic N) is 5. The molecule has 6 rings (SSSR count). The van der Waals surface area contributed by atoms with Gasteiger partial charge in [-0.15, -0.1) is 11.3 Å². The molecule has 0 spiro atoms. The number of hydrogen-bond donors (Lipinski definition) is 2. The van der Waals surface area contributed by atoms with Crippen LogP contribution in [0.1, 0.15) is 19.3 Å². The first kappa shape index (κ1) is 18.3. The van der Waals surface area contributed by atoms with Gasteiger partial charge in [-0.3, -0.25) is 14.5 Å². The molecule has 2 saturated heterocycles. The Balaban J connectivity index is 1.53. The molecular formula is C20H20ClN7OS. The van der Waals surface area contributed by atoms with Crippen molar-refractivity contribution in [1.29, 1.82) is 0 Å². The molecule has 8 nitrogen and oxygen atoms in total. The Morgan fingerprint density at radius 3 is 3.00 bits per heavy atom. The maximum absolute atomic E-state index is 13.4.